The highest BCUT2D eigenvalue weighted by atomic mass is 19.1. The molecule has 0 bridgehead atoms. The highest BCUT2D eigenvalue weighted by Crippen LogP contribution is 2.27. The molecule has 0 spiro atoms. The lowest BCUT2D eigenvalue weighted by Crippen LogP contribution is -1.99. The zero-order valence-electron chi connectivity index (χ0n) is 6.46. The zero-order chi connectivity index (χ0) is 8.55. The molecule has 1 aliphatic carbocycles. The van der Waals surface area contributed by atoms with Gasteiger partial charge in [0.2, 0.25) is 5.95 Å². The summed E-state index contributed by atoms with van der Waals surface area (Å²) in [4.78, 5) is 3.44. The van der Waals surface area contributed by atoms with Crippen molar-refractivity contribution in [2.24, 2.45) is 0 Å². The number of rotatable bonds is 2. The summed E-state index contributed by atoms with van der Waals surface area (Å²) in [6.45, 7) is 0. The van der Waals surface area contributed by atoms with E-state index in [1.807, 2.05) is 0 Å². The van der Waals surface area contributed by atoms with Gasteiger partial charge in [0.05, 0.1) is 18.0 Å². The van der Waals surface area contributed by atoms with Gasteiger partial charge in [-0.15, -0.1) is 0 Å². The molecular formula is C8H9FN2O. The van der Waals surface area contributed by atoms with Crippen LogP contribution in [0.3, 0.4) is 0 Å². The second kappa shape index (κ2) is 2.62. The van der Waals surface area contributed by atoms with Crippen LogP contribution in [0, 0.1) is 5.95 Å². The first-order valence-electron chi connectivity index (χ1n) is 3.83. The molecule has 1 aliphatic rings. The van der Waals surface area contributed by atoms with E-state index < -0.39 is 5.95 Å². The number of halogens is 1. The van der Waals surface area contributed by atoms with Crippen molar-refractivity contribution in [3.05, 3.63) is 18.2 Å². The van der Waals surface area contributed by atoms with Crippen LogP contribution >= 0.6 is 0 Å². The summed E-state index contributed by atoms with van der Waals surface area (Å²) in [6.07, 6.45) is 3.77. The molecule has 2 N–H and O–H groups in total. The first-order valence-corrected chi connectivity index (χ1v) is 3.83. The van der Waals surface area contributed by atoms with Gasteiger partial charge in [-0.1, -0.05) is 0 Å². The van der Waals surface area contributed by atoms with Crippen molar-refractivity contribution in [1.29, 1.82) is 0 Å². The molecule has 1 aromatic heterocycles. The number of ether oxygens (including phenoxy) is 1. The fourth-order valence-electron chi connectivity index (χ4n) is 0.888. The van der Waals surface area contributed by atoms with Crippen molar-refractivity contribution >= 4 is 5.69 Å². The van der Waals surface area contributed by atoms with E-state index in [2.05, 4.69) is 4.98 Å². The molecule has 0 saturated heterocycles. The lowest BCUT2D eigenvalue weighted by atomic mass is 10.4. The summed E-state index contributed by atoms with van der Waals surface area (Å²) in [5, 5.41) is 0. The summed E-state index contributed by atoms with van der Waals surface area (Å²) in [7, 11) is 0. The van der Waals surface area contributed by atoms with Crippen molar-refractivity contribution < 1.29 is 9.13 Å². The average Bonchev–Trinajstić information content (AvgIpc) is 2.81. The molecule has 2 rings (SSSR count). The Kier molecular flexibility index (Phi) is 1.60. The van der Waals surface area contributed by atoms with Crippen molar-refractivity contribution in [3.8, 4) is 5.75 Å². The monoisotopic (exact) mass is 168 g/mol. The van der Waals surface area contributed by atoms with E-state index in [1.165, 1.54) is 12.3 Å². The van der Waals surface area contributed by atoms with E-state index in [0.29, 0.717) is 5.75 Å². The number of nitrogen functional groups attached to an aromatic ring is 1. The smallest absolute Gasteiger partial charge is 0.236 e. The Hall–Kier alpha value is -1.32. The zero-order valence-corrected chi connectivity index (χ0v) is 6.46. The molecule has 4 heteroatoms. The van der Waals surface area contributed by atoms with E-state index in [0.717, 1.165) is 12.8 Å². The Bertz CT molecular complexity index is 299. The number of hydrogen-bond acceptors (Lipinski definition) is 3. The fourth-order valence-corrected chi connectivity index (χ4v) is 0.888. The van der Waals surface area contributed by atoms with Gasteiger partial charge in [0.15, 0.2) is 0 Å². The van der Waals surface area contributed by atoms with Crippen molar-refractivity contribution in [2.45, 2.75) is 18.9 Å². The molecule has 0 atom stereocenters. The summed E-state index contributed by atoms with van der Waals surface area (Å²) < 4.78 is 17.9. The van der Waals surface area contributed by atoms with Gasteiger partial charge in [0.25, 0.3) is 0 Å². The normalized spacial score (nSPS) is 16.1. The number of nitrogens with zero attached hydrogens (tertiary/aromatic N) is 1. The van der Waals surface area contributed by atoms with Crippen LogP contribution in [0.2, 0.25) is 0 Å². The highest BCUT2D eigenvalue weighted by Gasteiger charge is 2.23. The second-order valence-corrected chi connectivity index (χ2v) is 2.87. The Morgan fingerprint density at radius 3 is 2.92 bits per heavy atom. The third-order valence-electron chi connectivity index (χ3n) is 1.67. The topological polar surface area (TPSA) is 48.1 Å². The SMILES string of the molecule is Nc1cc(OC2CC2)cnc1F. The van der Waals surface area contributed by atoms with E-state index in [1.54, 1.807) is 0 Å². The van der Waals surface area contributed by atoms with E-state index in [4.69, 9.17) is 10.5 Å². The van der Waals surface area contributed by atoms with Crippen LogP contribution in [0.5, 0.6) is 5.75 Å². The van der Waals surface area contributed by atoms with Crippen molar-refractivity contribution in [1.82, 2.24) is 4.98 Å². The molecule has 0 aliphatic heterocycles. The number of anilines is 1. The van der Waals surface area contributed by atoms with Crippen LogP contribution in [-0.2, 0) is 0 Å². The van der Waals surface area contributed by atoms with Gasteiger partial charge in [0.1, 0.15) is 5.75 Å². The standard InChI is InChI=1S/C8H9FN2O/c9-8-7(10)3-6(4-11-8)12-5-1-2-5/h3-5H,1-2,10H2. The van der Waals surface area contributed by atoms with Crippen LogP contribution in [0.1, 0.15) is 12.8 Å². The van der Waals surface area contributed by atoms with Gasteiger partial charge in [0, 0.05) is 6.07 Å². The van der Waals surface area contributed by atoms with Gasteiger partial charge in [-0.05, 0) is 12.8 Å². The molecular weight excluding hydrogens is 159 g/mol. The minimum Gasteiger partial charge on any atom is -0.489 e. The van der Waals surface area contributed by atoms with Gasteiger partial charge in [-0.3, -0.25) is 0 Å². The number of nitrogens with two attached hydrogens (primary N) is 1. The van der Waals surface area contributed by atoms with Crippen LogP contribution in [0.25, 0.3) is 0 Å². The van der Waals surface area contributed by atoms with Gasteiger partial charge in [-0.25, -0.2) is 4.98 Å². The highest BCUT2D eigenvalue weighted by molar-refractivity contribution is 5.41. The third kappa shape index (κ3) is 1.47. The molecule has 12 heavy (non-hydrogen) atoms. The predicted octanol–water partition coefficient (Wildman–Crippen LogP) is 1.34. The maximum absolute atomic E-state index is 12.6. The quantitative estimate of drug-likeness (QED) is 0.678. The predicted molar refractivity (Wildman–Crippen MR) is 42.3 cm³/mol. The molecule has 1 saturated carbocycles. The minimum absolute atomic E-state index is 0.0353. The lowest BCUT2D eigenvalue weighted by molar-refractivity contribution is 0.301. The van der Waals surface area contributed by atoms with Crippen LogP contribution < -0.4 is 10.5 Å². The minimum atomic E-state index is -0.641. The number of hydrogen-bond donors (Lipinski definition) is 1. The average molecular weight is 168 g/mol. The number of aromatic nitrogens is 1. The molecule has 0 amide bonds. The molecule has 1 aromatic rings. The molecule has 0 unspecified atom stereocenters. The van der Waals surface area contributed by atoms with Gasteiger partial charge >= 0.3 is 0 Å². The number of pyridine rings is 1. The molecule has 64 valence electrons. The van der Waals surface area contributed by atoms with E-state index >= 15 is 0 Å². The summed E-state index contributed by atoms with van der Waals surface area (Å²) in [5.74, 6) is -0.0884. The largest absolute Gasteiger partial charge is 0.489 e. The van der Waals surface area contributed by atoms with E-state index in [9.17, 15) is 4.39 Å². The Morgan fingerprint density at radius 1 is 1.58 bits per heavy atom. The van der Waals surface area contributed by atoms with Crippen LogP contribution in [0.15, 0.2) is 12.3 Å². The van der Waals surface area contributed by atoms with Gasteiger partial charge < -0.3 is 10.5 Å². The van der Waals surface area contributed by atoms with E-state index in [-0.39, 0.29) is 11.8 Å². The van der Waals surface area contributed by atoms with Crippen LogP contribution in [-0.4, -0.2) is 11.1 Å². The lowest BCUT2D eigenvalue weighted by Gasteiger charge is -2.03. The van der Waals surface area contributed by atoms with Crippen LogP contribution in [0.4, 0.5) is 10.1 Å². The fraction of sp³-hybridized carbons (Fsp3) is 0.375. The van der Waals surface area contributed by atoms with Crippen molar-refractivity contribution in [2.75, 3.05) is 5.73 Å². The maximum Gasteiger partial charge on any atom is 0.236 e. The Labute approximate surface area is 69.4 Å². The first kappa shape index (κ1) is 7.34. The molecule has 1 fully saturated rings. The Balaban J connectivity index is 2.15. The molecule has 3 nitrogen and oxygen atoms in total. The summed E-state index contributed by atoms with van der Waals surface area (Å²) in [5.41, 5.74) is 5.33. The third-order valence-corrected chi connectivity index (χ3v) is 1.67. The first-order chi connectivity index (χ1) is 5.75. The van der Waals surface area contributed by atoms with Gasteiger partial charge in [-0.2, -0.15) is 4.39 Å². The summed E-state index contributed by atoms with van der Waals surface area (Å²) >= 11 is 0. The molecule has 1 heterocycles. The molecule has 0 radical (unpaired) electrons. The Morgan fingerprint density at radius 2 is 2.33 bits per heavy atom. The maximum atomic E-state index is 12.6. The molecule has 0 aromatic carbocycles. The second-order valence-electron chi connectivity index (χ2n) is 2.87. The van der Waals surface area contributed by atoms with Crippen molar-refractivity contribution in [3.63, 3.8) is 0 Å². The summed E-state index contributed by atoms with van der Waals surface area (Å²) in [6, 6.07) is 1.46.